The first-order chi connectivity index (χ1) is 6.19. The van der Waals surface area contributed by atoms with E-state index < -0.39 is 0 Å². The van der Waals surface area contributed by atoms with Crippen molar-refractivity contribution in [3.8, 4) is 0 Å². The Labute approximate surface area is 78.5 Å². The first kappa shape index (κ1) is 9.58. The third-order valence-corrected chi connectivity index (χ3v) is 2.03. The maximum atomic E-state index is 5.73. The van der Waals surface area contributed by atoms with Crippen LogP contribution in [0.2, 0.25) is 0 Å². The Bertz CT molecular complexity index is 329. The Hall–Kier alpha value is -1.51. The molecule has 0 heterocycles. The third kappa shape index (κ3) is 1.99. The molecule has 0 unspecified atom stereocenters. The number of rotatable bonds is 2. The fourth-order valence-electron chi connectivity index (χ4n) is 1.28. The van der Waals surface area contributed by atoms with Gasteiger partial charge in [0.05, 0.1) is 0 Å². The molecule has 0 radical (unpaired) electrons. The molecular weight excluding hydrogens is 162 g/mol. The number of amidine groups is 1. The van der Waals surface area contributed by atoms with Crippen LogP contribution in [0.1, 0.15) is 18.1 Å². The van der Waals surface area contributed by atoms with Gasteiger partial charge in [0.2, 0.25) is 0 Å². The highest BCUT2D eigenvalue weighted by molar-refractivity contribution is 5.99. The van der Waals surface area contributed by atoms with Crippen molar-refractivity contribution < 1.29 is 0 Å². The van der Waals surface area contributed by atoms with Gasteiger partial charge in [0.15, 0.2) is 0 Å². The van der Waals surface area contributed by atoms with Gasteiger partial charge in [-0.05, 0) is 30.2 Å². The lowest BCUT2D eigenvalue weighted by Crippen LogP contribution is -2.15. The molecule has 4 N–H and O–H groups in total. The van der Waals surface area contributed by atoms with Crippen LogP contribution in [0, 0.1) is 0 Å². The summed E-state index contributed by atoms with van der Waals surface area (Å²) in [4.78, 5) is 3.95. The predicted octanol–water partition coefficient (Wildman–Crippen LogP) is 1.17. The number of nitrogens with zero attached hydrogens (tertiary/aromatic N) is 1. The summed E-state index contributed by atoms with van der Waals surface area (Å²) in [5.41, 5.74) is 14.3. The number of aryl methyl sites for hydroxylation is 1. The molecule has 70 valence electrons. The van der Waals surface area contributed by atoms with E-state index in [9.17, 15) is 0 Å². The monoisotopic (exact) mass is 177 g/mol. The van der Waals surface area contributed by atoms with Crippen LogP contribution in [0.5, 0.6) is 0 Å². The largest absolute Gasteiger partial charge is 0.399 e. The molecule has 0 fully saturated rings. The fourth-order valence-corrected chi connectivity index (χ4v) is 1.28. The minimum absolute atomic E-state index is 0.567. The van der Waals surface area contributed by atoms with Crippen molar-refractivity contribution in [2.24, 2.45) is 10.7 Å². The number of aliphatic imine (C=N–C) groups is 1. The molecule has 1 aromatic carbocycles. The molecule has 0 spiro atoms. The van der Waals surface area contributed by atoms with Gasteiger partial charge in [0.25, 0.3) is 0 Å². The Kier molecular flexibility index (Phi) is 2.90. The first-order valence-electron chi connectivity index (χ1n) is 4.30. The van der Waals surface area contributed by atoms with Crippen LogP contribution in [-0.2, 0) is 6.42 Å². The van der Waals surface area contributed by atoms with E-state index in [2.05, 4.69) is 11.9 Å². The quantitative estimate of drug-likeness (QED) is 0.404. The lowest BCUT2D eigenvalue weighted by Gasteiger charge is -2.07. The van der Waals surface area contributed by atoms with Crippen LogP contribution in [0.25, 0.3) is 0 Å². The maximum absolute atomic E-state index is 5.73. The van der Waals surface area contributed by atoms with Gasteiger partial charge in [0.1, 0.15) is 5.84 Å². The zero-order valence-electron chi connectivity index (χ0n) is 8.04. The van der Waals surface area contributed by atoms with Gasteiger partial charge in [-0.2, -0.15) is 0 Å². The maximum Gasteiger partial charge on any atom is 0.125 e. The smallest absolute Gasteiger partial charge is 0.125 e. The standard InChI is InChI=1S/C10H15N3/c1-3-7-6-8(11)4-5-9(7)10(12)13-2/h4-6H,3,11H2,1-2H3,(H2,12,13). The van der Waals surface area contributed by atoms with Crippen molar-refractivity contribution in [1.29, 1.82) is 0 Å². The summed E-state index contributed by atoms with van der Waals surface area (Å²) in [6.45, 7) is 2.07. The second-order valence-corrected chi connectivity index (χ2v) is 2.88. The van der Waals surface area contributed by atoms with E-state index >= 15 is 0 Å². The predicted molar refractivity (Wildman–Crippen MR) is 56.9 cm³/mol. The lowest BCUT2D eigenvalue weighted by atomic mass is 10.0. The Morgan fingerprint density at radius 1 is 1.46 bits per heavy atom. The Morgan fingerprint density at radius 2 is 2.15 bits per heavy atom. The highest BCUT2D eigenvalue weighted by Gasteiger charge is 2.03. The second kappa shape index (κ2) is 3.94. The molecule has 3 nitrogen and oxygen atoms in total. The summed E-state index contributed by atoms with van der Waals surface area (Å²) in [6.07, 6.45) is 0.913. The van der Waals surface area contributed by atoms with E-state index in [-0.39, 0.29) is 0 Å². The molecule has 0 aromatic heterocycles. The number of hydrogen-bond acceptors (Lipinski definition) is 2. The zero-order valence-corrected chi connectivity index (χ0v) is 8.04. The van der Waals surface area contributed by atoms with Crippen molar-refractivity contribution in [3.63, 3.8) is 0 Å². The summed E-state index contributed by atoms with van der Waals surface area (Å²) in [6, 6.07) is 5.69. The van der Waals surface area contributed by atoms with Gasteiger partial charge < -0.3 is 11.5 Å². The fraction of sp³-hybridized carbons (Fsp3) is 0.300. The van der Waals surface area contributed by atoms with E-state index in [1.807, 2.05) is 18.2 Å². The molecule has 1 aromatic rings. The lowest BCUT2D eigenvalue weighted by molar-refractivity contribution is 1.13. The SMILES string of the molecule is CCc1cc(N)ccc1C(N)=NC. The van der Waals surface area contributed by atoms with Crippen molar-refractivity contribution in [2.75, 3.05) is 12.8 Å². The van der Waals surface area contributed by atoms with Crippen molar-refractivity contribution in [1.82, 2.24) is 0 Å². The van der Waals surface area contributed by atoms with E-state index in [0.717, 1.165) is 23.2 Å². The molecule has 1 rings (SSSR count). The van der Waals surface area contributed by atoms with Crippen LogP contribution in [0.4, 0.5) is 5.69 Å². The van der Waals surface area contributed by atoms with Crippen molar-refractivity contribution in [3.05, 3.63) is 29.3 Å². The minimum atomic E-state index is 0.567. The number of nitrogen functional groups attached to an aromatic ring is 1. The Balaban J connectivity index is 3.21. The first-order valence-corrected chi connectivity index (χ1v) is 4.30. The molecule has 0 bridgehead atoms. The molecule has 0 saturated heterocycles. The van der Waals surface area contributed by atoms with E-state index in [0.29, 0.717) is 5.84 Å². The highest BCUT2D eigenvalue weighted by Crippen LogP contribution is 2.13. The van der Waals surface area contributed by atoms with Crippen LogP contribution < -0.4 is 11.5 Å². The van der Waals surface area contributed by atoms with Crippen LogP contribution in [-0.4, -0.2) is 12.9 Å². The number of nitrogens with two attached hydrogens (primary N) is 2. The molecule has 3 heteroatoms. The molecule has 0 aliphatic carbocycles. The van der Waals surface area contributed by atoms with E-state index in [1.54, 1.807) is 7.05 Å². The van der Waals surface area contributed by atoms with Crippen molar-refractivity contribution in [2.45, 2.75) is 13.3 Å². The second-order valence-electron chi connectivity index (χ2n) is 2.88. The normalized spacial score (nSPS) is 11.7. The summed E-state index contributed by atoms with van der Waals surface area (Å²) in [5.74, 6) is 0.567. The summed E-state index contributed by atoms with van der Waals surface area (Å²) in [5, 5.41) is 0. The number of hydrogen-bond donors (Lipinski definition) is 2. The average molecular weight is 177 g/mol. The summed E-state index contributed by atoms with van der Waals surface area (Å²) in [7, 11) is 1.69. The molecule has 0 atom stereocenters. The number of benzene rings is 1. The number of anilines is 1. The van der Waals surface area contributed by atoms with Gasteiger partial charge >= 0.3 is 0 Å². The van der Waals surface area contributed by atoms with Gasteiger partial charge in [-0.3, -0.25) is 4.99 Å². The van der Waals surface area contributed by atoms with Gasteiger partial charge in [-0.15, -0.1) is 0 Å². The van der Waals surface area contributed by atoms with E-state index in [4.69, 9.17) is 11.5 Å². The summed E-state index contributed by atoms with van der Waals surface area (Å²) >= 11 is 0. The highest BCUT2D eigenvalue weighted by atomic mass is 14.8. The molecular formula is C10H15N3. The minimum Gasteiger partial charge on any atom is -0.399 e. The van der Waals surface area contributed by atoms with Gasteiger partial charge in [-0.25, -0.2) is 0 Å². The Morgan fingerprint density at radius 3 is 2.69 bits per heavy atom. The van der Waals surface area contributed by atoms with Crippen LogP contribution >= 0.6 is 0 Å². The third-order valence-electron chi connectivity index (χ3n) is 2.03. The van der Waals surface area contributed by atoms with Gasteiger partial charge in [-0.1, -0.05) is 6.92 Å². The molecule has 0 saturated carbocycles. The average Bonchev–Trinajstić information content (AvgIpc) is 2.16. The summed E-state index contributed by atoms with van der Waals surface area (Å²) < 4.78 is 0. The van der Waals surface area contributed by atoms with Crippen LogP contribution in [0.15, 0.2) is 23.2 Å². The molecule has 13 heavy (non-hydrogen) atoms. The van der Waals surface area contributed by atoms with Crippen molar-refractivity contribution >= 4 is 11.5 Å². The molecule has 0 aliphatic rings. The topological polar surface area (TPSA) is 64.4 Å². The molecule has 0 aliphatic heterocycles. The molecule has 0 amide bonds. The zero-order chi connectivity index (χ0) is 9.84. The van der Waals surface area contributed by atoms with E-state index in [1.165, 1.54) is 0 Å². The van der Waals surface area contributed by atoms with Gasteiger partial charge in [0, 0.05) is 18.3 Å². The van der Waals surface area contributed by atoms with Crippen LogP contribution in [0.3, 0.4) is 0 Å².